The van der Waals surface area contributed by atoms with Crippen LogP contribution in [0.2, 0.25) is 0 Å². The van der Waals surface area contributed by atoms with Crippen molar-refractivity contribution in [3.05, 3.63) is 35.6 Å². The van der Waals surface area contributed by atoms with Crippen LogP contribution in [-0.2, 0) is 25.0 Å². The Hall–Kier alpha value is -1.51. The number of ether oxygens (including phenoxy) is 1. The minimum Gasteiger partial charge on any atom is -0.381 e. The van der Waals surface area contributed by atoms with Crippen LogP contribution in [0.1, 0.15) is 31.2 Å². The van der Waals surface area contributed by atoms with E-state index in [4.69, 9.17) is 4.74 Å². The lowest BCUT2D eigenvalue weighted by Gasteiger charge is -2.38. The average molecular weight is 399 g/mol. The number of hydrogen-bond acceptors (Lipinski definition) is 4. The second kappa shape index (κ2) is 8.24. The minimum absolute atomic E-state index is 0.134. The van der Waals surface area contributed by atoms with Crippen molar-refractivity contribution in [2.45, 2.75) is 31.1 Å². The summed E-state index contributed by atoms with van der Waals surface area (Å²) >= 11 is 0. The zero-order valence-electron chi connectivity index (χ0n) is 15.6. The molecule has 8 heteroatoms. The maximum absolute atomic E-state index is 13.8. The van der Waals surface area contributed by atoms with E-state index < -0.39 is 10.0 Å². The summed E-state index contributed by atoms with van der Waals surface area (Å²) < 4.78 is 44.1. The number of sulfonamides is 1. The lowest BCUT2D eigenvalue weighted by atomic mass is 9.74. The zero-order chi connectivity index (χ0) is 19.5. The predicted molar refractivity (Wildman–Crippen MR) is 100 cm³/mol. The molecule has 1 aromatic rings. The van der Waals surface area contributed by atoms with Gasteiger partial charge in [-0.2, -0.15) is 0 Å². The molecule has 0 aromatic heterocycles. The molecule has 0 bridgehead atoms. The van der Waals surface area contributed by atoms with Crippen molar-refractivity contribution in [1.82, 2.24) is 9.62 Å². The van der Waals surface area contributed by atoms with Gasteiger partial charge in [-0.3, -0.25) is 4.79 Å². The van der Waals surface area contributed by atoms with E-state index in [0.717, 1.165) is 5.56 Å². The number of rotatable bonds is 5. The van der Waals surface area contributed by atoms with Crippen LogP contribution in [-0.4, -0.2) is 57.7 Å². The van der Waals surface area contributed by atoms with Crippen molar-refractivity contribution in [3.63, 3.8) is 0 Å². The Labute approximate surface area is 160 Å². The third-order valence-corrected chi connectivity index (χ3v) is 6.98. The fourth-order valence-electron chi connectivity index (χ4n) is 4.01. The van der Waals surface area contributed by atoms with Crippen molar-refractivity contribution >= 4 is 15.9 Å². The van der Waals surface area contributed by atoms with Gasteiger partial charge in [0, 0.05) is 38.3 Å². The van der Waals surface area contributed by atoms with Gasteiger partial charge < -0.3 is 10.1 Å². The Morgan fingerprint density at radius 3 is 2.78 bits per heavy atom. The van der Waals surface area contributed by atoms with Crippen molar-refractivity contribution in [2.75, 3.05) is 39.1 Å². The molecule has 2 aliphatic heterocycles. The normalized spacial score (nSPS) is 23.7. The first-order valence-electron chi connectivity index (χ1n) is 9.37. The van der Waals surface area contributed by atoms with Gasteiger partial charge in [0.1, 0.15) is 5.82 Å². The standard InChI is InChI=1S/C19H27FN2O4S/c1-27(24,25)22-9-3-4-15(13-22)18(23)21-14-19(7-10-26-11-8-19)16-5-2-6-17(20)12-16/h2,5-6,12,15H,3-4,7-11,13-14H2,1H3,(H,21,23)/t15-/m0/s1. The van der Waals surface area contributed by atoms with Crippen LogP contribution < -0.4 is 5.32 Å². The molecule has 1 amide bonds. The maximum Gasteiger partial charge on any atom is 0.224 e. The highest BCUT2D eigenvalue weighted by molar-refractivity contribution is 7.88. The fourth-order valence-corrected chi connectivity index (χ4v) is 4.92. The Balaban J connectivity index is 1.69. The molecule has 1 aromatic carbocycles. The molecule has 2 aliphatic rings. The molecule has 0 unspecified atom stereocenters. The monoisotopic (exact) mass is 398 g/mol. The molecule has 1 atom stereocenters. The highest BCUT2D eigenvalue weighted by Gasteiger charge is 2.36. The summed E-state index contributed by atoms with van der Waals surface area (Å²) in [5.41, 5.74) is 0.508. The van der Waals surface area contributed by atoms with E-state index in [2.05, 4.69) is 5.32 Å². The van der Waals surface area contributed by atoms with Gasteiger partial charge in [0.05, 0.1) is 12.2 Å². The summed E-state index contributed by atoms with van der Waals surface area (Å²) in [5, 5.41) is 3.01. The first kappa shape index (κ1) is 20.2. The largest absolute Gasteiger partial charge is 0.381 e. The van der Waals surface area contributed by atoms with Crippen LogP contribution in [0.3, 0.4) is 0 Å². The summed E-state index contributed by atoms with van der Waals surface area (Å²) in [6.07, 6.45) is 3.93. The first-order valence-corrected chi connectivity index (χ1v) is 11.2. The second-order valence-electron chi connectivity index (χ2n) is 7.58. The average Bonchev–Trinajstić information content (AvgIpc) is 2.66. The second-order valence-corrected chi connectivity index (χ2v) is 9.56. The number of halogens is 1. The van der Waals surface area contributed by atoms with Gasteiger partial charge in [0.25, 0.3) is 0 Å². The number of amides is 1. The predicted octanol–water partition coefficient (Wildman–Crippen LogP) is 1.66. The zero-order valence-corrected chi connectivity index (χ0v) is 16.4. The SMILES string of the molecule is CS(=O)(=O)N1CCC[C@H](C(=O)NCC2(c3cccc(F)c3)CCOCC2)C1. The molecule has 0 radical (unpaired) electrons. The number of hydrogen-bond donors (Lipinski definition) is 1. The van der Waals surface area contributed by atoms with E-state index in [9.17, 15) is 17.6 Å². The molecule has 150 valence electrons. The van der Waals surface area contributed by atoms with Crippen molar-refractivity contribution in [2.24, 2.45) is 5.92 Å². The Kier molecular flexibility index (Phi) is 6.18. The number of piperidine rings is 1. The molecule has 2 heterocycles. The fraction of sp³-hybridized carbons (Fsp3) is 0.632. The van der Waals surface area contributed by atoms with E-state index in [0.29, 0.717) is 52.0 Å². The quantitative estimate of drug-likeness (QED) is 0.819. The third kappa shape index (κ3) is 4.86. The first-order chi connectivity index (χ1) is 12.8. The molecule has 0 aliphatic carbocycles. The van der Waals surface area contributed by atoms with Crippen molar-refractivity contribution in [3.8, 4) is 0 Å². The van der Waals surface area contributed by atoms with Crippen LogP contribution in [0.4, 0.5) is 4.39 Å². The summed E-state index contributed by atoms with van der Waals surface area (Å²) in [7, 11) is -3.29. The Morgan fingerprint density at radius 1 is 1.37 bits per heavy atom. The molecular weight excluding hydrogens is 371 g/mol. The Bertz CT molecular complexity index is 778. The van der Waals surface area contributed by atoms with E-state index in [1.54, 1.807) is 6.07 Å². The van der Waals surface area contributed by atoms with E-state index in [1.165, 1.54) is 22.7 Å². The topological polar surface area (TPSA) is 75.7 Å². The summed E-state index contributed by atoms with van der Waals surface area (Å²) in [4.78, 5) is 12.7. The maximum atomic E-state index is 13.8. The van der Waals surface area contributed by atoms with Crippen LogP contribution >= 0.6 is 0 Å². The number of nitrogens with zero attached hydrogens (tertiary/aromatic N) is 1. The minimum atomic E-state index is -3.29. The smallest absolute Gasteiger partial charge is 0.224 e. The molecule has 27 heavy (non-hydrogen) atoms. The van der Waals surface area contributed by atoms with Gasteiger partial charge in [-0.25, -0.2) is 17.1 Å². The van der Waals surface area contributed by atoms with Crippen LogP contribution in [0.25, 0.3) is 0 Å². The van der Waals surface area contributed by atoms with Gasteiger partial charge in [-0.05, 0) is 43.4 Å². The van der Waals surface area contributed by atoms with Gasteiger partial charge in [-0.1, -0.05) is 12.1 Å². The van der Waals surface area contributed by atoms with Crippen molar-refractivity contribution in [1.29, 1.82) is 0 Å². The molecule has 1 N–H and O–H groups in total. The third-order valence-electron chi connectivity index (χ3n) is 5.71. The van der Waals surface area contributed by atoms with Gasteiger partial charge >= 0.3 is 0 Å². The van der Waals surface area contributed by atoms with Crippen LogP contribution in [0, 0.1) is 11.7 Å². The molecule has 3 rings (SSSR count). The van der Waals surface area contributed by atoms with Gasteiger partial charge in [-0.15, -0.1) is 0 Å². The summed E-state index contributed by atoms with van der Waals surface area (Å²) in [6.45, 7) is 2.22. The molecular formula is C19H27FN2O4S. The summed E-state index contributed by atoms with van der Waals surface area (Å²) in [6, 6.07) is 6.53. The van der Waals surface area contributed by atoms with Crippen LogP contribution in [0.15, 0.2) is 24.3 Å². The lowest BCUT2D eigenvalue weighted by Crippen LogP contribution is -2.49. The number of carbonyl (C=O) groups is 1. The van der Waals surface area contributed by atoms with Gasteiger partial charge in [0.15, 0.2) is 0 Å². The van der Waals surface area contributed by atoms with Crippen LogP contribution in [0.5, 0.6) is 0 Å². The lowest BCUT2D eigenvalue weighted by molar-refractivity contribution is -0.126. The van der Waals surface area contributed by atoms with E-state index in [-0.39, 0.29) is 29.6 Å². The number of carbonyl (C=O) groups excluding carboxylic acids is 1. The summed E-state index contributed by atoms with van der Waals surface area (Å²) in [5.74, 6) is -0.774. The number of benzene rings is 1. The molecule has 2 saturated heterocycles. The molecule has 0 spiro atoms. The van der Waals surface area contributed by atoms with Crippen molar-refractivity contribution < 1.29 is 22.3 Å². The molecule has 0 saturated carbocycles. The van der Waals surface area contributed by atoms with E-state index >= 15 is 0 Å². The molecule has 6 nitrogen and oxygen atoms in total. The highest BCUT2D eigenvalue weighted by atomic mass is 32.2. The molecule has 2 fully saturated rings. The van der Waals surface area contributed by atoms with Gasteiger partial charge in [0.2, 0.25) is 15.9 Å². The number of nitrogens with one attached hydrogen (secondary N) is 1. The van der Waals surface area contributed by atoms with E-state index in [1.807, 2.05) is 6.07 Å². The Morgan fingerprint density at radius 2 is 2.11 bits per heavy atom. The highest BCUT2D eigenvalue weighted by Crippen LogP contribution is 2.34.